The molecule has 0 aliphatic carbocycles. The Balaban J connectivity index is 0.000000671. The summed E-state index contributed by atoms with van der Waals surface area (Å²) in [6.07, 6.45) is 0. The fourth-order valence-electron chi connectivity index (χ4n) is 0.932. The Kier molecular flexibility index (Phi) is 6.43. The first-order valence-corrected chi connectivity index (χ1v) is 5.09. The van der Waals surface area contributed by atoms with Gasteiger partial charge in [0.1, 0.15) is 0 Å². The first-order chi connectivity index (χ1) is 6.25. The minimum absolute atomic E-state index is 0.817. The Morgan fingerprint density at radius 3 is 2.23 bits per heavy atom. The molecule has 0 atom stereocenters. The molecule has 0 N–H and O–H groups in total. The van der Waals surface area contributed by atoms with E-state index in [1.807, 2.05) is 45.2 Å². The zero-order valence-corrected chi connectivity index (χ0v) is 9.60. The third-order valence-electron chi connectivity index (χ3n) is 1.74. The Labute approximate surface area is 86.3 Å². The molecule has 13 heavy (non-hydrogen) atoms. The Bertz CT molecular complexity index is 235. The SMILES string of the molecule is CC.CCN(C)c1ccccc1Cl. The molecule has 74 valence electrons. The molecular weight excluding hydrogens is 182 g/mol. The van der Waals surface area contributed by atoms with Crippen LogP contribution in [-0.2, 0) is 0 Å². The maximum atomic E-state index is 5.96. The fraction of sp³-hybridized carbons (Fsp3) is 0.455. The van der Waals surface area contributed by atoms with Crippen molar-refractivity contribution in [3.8, 4) is 0 Å². The van der Waals surface area contributed by atoms with Crippen molar-refractivity contribution >= 4 is 17.3 Å². The van der Waals surface area contributed by atoms with E-state index in [-0.39, 0.29) is 0 Å². The van der Waals surface area contributed by atoms with Crippen LogP contribution in [0.15, 0.2) is 24.3 Å². The normalized spacial score (nSPS) is 8.69. The van der Waals surface area contributed by atoms with Crippen molar-refractivity contribution in [2.75, 3.05) is 18.5 Å². The number of halogens is 1. The van der Waals surface area contributed by atoms with Crippen molar-refractivity contribution in [2.45, 2.75) is 20.8 Å². The van der Waals surface area contributed by atoms with Gasteiger partial charge in [-0.15, -0.1) is 0 Å². The molecule has 1 aromatic carbocycles. The van der Waals surface area contributed by atoms with Gasteiger partial charge >= 0.3 is 0 Å². The van der Waals surface area contributed by atoms with E-state index in [1.54, 1.807) is 0 Å². The van der Waals surface area contributed by atoms with Gasteiger partial charge in [0.2, 0.25) is 0 Å². The van der Waals surface area contributed by atoms with E-state index in [2.05, 4.69) is 11.8 Å². The summed E-state index contributed by atoms with van der Waals surface area (Å²) < 4.78 is 0. The maximum absolute atomic E-state index is 5.96. The van der Waals surface area contributed by atoms with Gasteiger partial charge in [-0.1, -0.05) is 37.6 Å². The lowest BCUT2D eigenvalue weighted by Gasteiger charge is -2.17. The summed E-state index contributed by atoms with van der Waals surface area (Å²) >= 11 is 5.96. The largest absolute Gasteiger partial charge is 0.374 e. The van der Waals surface area contributed by atoms with Crippen LogP contribution in [0, 0.1) is 0 Å². The highest BCUT2D eigenvalue weighted by molar-refractivity contribution is 6.33. The van der Waals surface area contributed by atoms with E-state index in [4.69, 9.17) is 11.6 Å². The lowest BCUT2D eigenvalue weighted by molar-refractivity contribution is 0.968. The third kappa shape index (κ3) is 3.69. The number of para-hydroxylation sites is 1. The highest BCUT2D eigenvalue weighted by Gasteiger charge is 2.00. The molecule has 0 fully saturated rings. The maximum Gasteiger partial charge on any atom is 0.0639 e. The van der Waals surface area contributed by atoms with Crippen LogP contribution in [-0.4, -0.2) is 13.6 Å². The first kappa shape index (κ1) is 12.3. The Hall–Kier alpha value is -0.690. The van der Waals surface area contributed by atoms with Gasteiger partial charge in [-0.3, -0.25) is 0 Å². The molecular formula is C11H18ClN. The van der Waals surface area contributed by atoms with Crippen LogP contribution >= 0.6 is 11.6 Å². The zero-order chi connectivity index (χ0) is 10.3. The third-order valence-corrected chi connectivity index (χ3v) is 2.06. The molecule has 1 nitrogen and oxygen atoms in total. The van der Waals surface area contributed by atoms with E-state index < -0.39 is 0 Å². The minimum Gasteiger partial charge on any atom is -0.374 e. The summed E-state index contributed by atoms with van der Waals surface area (Å²) in [5.74, 6) is 0. The van der Waals surface area contributed by atoms with Gasteiger partial charge < -0.3 is 4.90 Å². The number of anilines is 1. The summed E-state index contributed by atoms with van der Waals surface area (Å²) in [4.78, 5) is 2.11. The smallest absolute Gasteiger partial charge is 0.0639 e. The molecule has 0 saturated carbocycles. The van der Waals surface area contributed by atoms with Crippen LogP contribution in [0.25, 0.3) is 0 Å². The molecule has 1 rings (SSSR count). The molecule has 0 bridgehead atoms. The van der Waals surface area contributed by atoms with Crippen LogP contribution in [0.1, 0.15) is 20.8 Å². The van der Waals surface area contributed by atoms with Crippen molar-refractivity contribution in [1.82, 2.24) is 0 Å². The van der Waals surface area contributed by atoms with Gasteiger partial charge in [0.15, 0.2) is 0 Å². The van der Waals surface area contributed by atoms with Gasteiger partial charge in [0.25, 0.3) is 0 Å². The van der Waals surface area contributed by atoms with Crippen LogP contribution in [0.2, 0.25) is 5.02 Å². The molecule has 2 heteroatoms. The molecule has 0 saturated heterocycles. The molecule has 0 aliphatic rings. The van der Waals surface area contributed by atoms with Crippen molar-refractivity contribution in [3.05, 3.63) is 29.3 Å². The average Bonchev–Trinajstić information content (AvgIpc) is 2.20. The summed E-state index contributed by atoms with van der Waals surface area (Å²) in [7, 11) is 2.03. The monoisotopic (exact) mass is 199 g/mol. The van der Waals surface area contributed by atoms with Crippen molar-refractivity contribution in [1.29, 1.82) is 0 Å². The summed E-state index contributed by atoms with van der Waals surface area (Å²) in [6.45, 7) is 7.08. The molecule has 0 amide bonds. The van der Waals surface area contributed by atoms with Gasteiger partial charge in [-0.2, -0.15) is 0 Å². The highest BCUT2D eigenvalue weighted by atomic mass is 35.5. The van der Waals surface area contributed by atoms with E-state index in [0.29, 0.717) is 0 Å². The van der Waals surface area contributed by atoms with Crippen LogP contribution < -0.4 is 4.90 Å². The van der Waals surface area contributed by atoms with Gasteiger partial charge in [-0.05, 0) is 19.1 Å². The summed E-state index contributed by atoms with van der Waals surface area (Å²) in [5, 5.41) is 0.817. The molecule has 0 radical (unpaired) electrons. The van der Waals surface area contributed by atoms with Gasteiger partial charge in [0.05, 0.1) is 10.7 Å². The standard InChI is InChI=1S/C9H12ClN.C2H6/c1-3-11(2)9-7-5-4-6-8(9)10;1-2/h4-7H,3H2,1-2H3;1-2H3. The quantitative estimate of drug-likeness (QED) is 0.700. The predicted octanol–water partition coefficient (Wildman–Crippen LogP) is 3.82. The first-order valence-electron chi connectivity index (χ1n) is 4.71. The van der Waals surface area contributed by atoms with Gasteiger partial charge in [0, 0.05) is 13.6 Å². The van der Waals surface area contributed by atoms with Crippen LogP contribution in [0.3, 0.4) is 0 Å². The number of hydrogen-bond donors (Lipinski definition) is 0. The lowest BCUT2D eigenvalue weighted by Crippen LogP contribution is -2.15. The second kappa shape index (κ2) is 6.79. The predicted molar refractivity (Wildman–Crippen MR) is 61.7 cm³/mol. The van der Waals surface area contributed by atoms with E-state index in [1.165, 1.54) is 0 Å². The number of benzene rings is 1. The molecule has 0 aliphatic heterocycles. The number of rotatable bonds is 2. The second-order valence-electron chi connectivity index (χ2n) is 2.47. The minimum atomic E-state index is 0.817. The van der Waals surface area contributed by atoms with Gasteiger partial charge in [-0.25, -0.2) is 0 Å². The Morgan fingerprint density at radius 2 is 1.77 bits per heavy atom. The highest BCUT2D eigenvalue weighted by Crippen LogP contribution is 2.23. The molecule has 1 aromatic rings. The van der Waals surface area contributed by atoms with E-state index in [0.717, 1.165) is 17.3 Å². The zero-order valence-electron chi connectivity index (χ0n) is 8.84. The van der Waals surface area contributed by atoms with Crippen LogP contribution in [0.5, 0.6) is 0 Å². The lowest BCUT2D eigenvalue weighted by atomic mass is 10.3. The second-order valence-corrected chi connectivity index (χ2v) is 2.87. The van der Waals surface area contributed by atoms with Crippen molar-refractivity contribution in [2.24, 2.45) is 0 Å². The molecule has 0 heterocycles. The summed E-state index contributed by atoms with van der Waals surface area (Å²) in [5.41, 5.74) is 1.09. The average molecular weight is 200 g/mol. The van der Waals surface area contributed by atoms with Crippen LogP contribution in [0.4, 0.5) is 5.69 Å². The molecule has 0 unspecified atom stereocenters. The molecule has 0 aromatic heterocycles. The fourth-order valence-corrected chi connectivity index (χ4v) is 1.21. The number of hydrogen-bond acceptors (Lipinski definition) is 1. The topological polar surface area (TPSA) is 3.24 Å². The van der Waals surface area contributed by atoms with E-state index >= 15 is 0 Å². The number of nitrogens with zero attached hydrogens (tertiary/aromatic N) is 1. The molecule has 0 spiro atoms. The summed E-state index contributed by atoms with van der Waals surface area (Å²) in [6, 6.07) is 7.86. The van der Waals surface area contributed by atoms with Crippen molar-refractivity contribution < 1.29 is 0 Å². The Morgan fingerprint density at radius 1 is 1.23 bits per heavy atom. The van der Waals surface area contributed by atoms with Crippen molar-refractivity contribution in [3.63, 3.8) is 0 Å². The van der Waals surface area contributed by atoms with E-state index in [9.17, 15) is 0 Å².